The second-order valence-corrected chi connectivity index (χ2v) is 7.43. The number of rotatable bonds is 2. The van der Waals surface area contributed by atoms with Gasteiger partial charge in [-0.2, -0.15) is 13.2 Å². The Hall–Kier alpha value is -0.320. The molecule has 0 aromatic heterocycles. The average Bonchev–Trinajstić information content (AvgIpc) is 2.77. The summed E-state index contributed by atoms with van der Waals surface area (Å²) in [6.45, 7) is -0.0913. The summed E-state index contributed by atoms with van der Waals surface area (Å²) < 4.78 is 64.8. The van der Waals surface area contributed by atoms with Crippen molar-refractivity contribution in [3.63, 3.8) is 0 Å². The summed E-state index contributed by atoms with van der Waals surface area (Å²) in [6.07, 6.45) is -3.02. The third kappa shape index (κ3) is 2.76. The largest absolute Gasteiger partial charge is 0.393 e. The lowest BCUT2D eigenvalue weighted by molar-refractivity contribution is -0.189. The Morgan fingerprint density at radius 1 is 1.53 bits per heavy atom. The summed E-state index contributed by atoms with van der Waals surface area (Å²) in [7, 11) is -3.70. The molecule has 0 aromatic carbocycles. The number of piperidine rings is 1. The fourth-order valence-corrected chi connectivity index (χ4v) is 4.59. The van der Waals surface area contributed by atoms with Gasteiger partial charge in [-0.25, -0.2) is 18.1 Å². The molecule has 0 aromatic rings. The van der Waals surface area contributed by atoms with Crippen LogP contribution >= 0.6 is 11.9 Å². The van der Waals surface area contributed by atoms with Crippen molar-refractivity contribution in [1.29, 1.82) is 0 Å². The third-order valence-corrected chi connectivity index (χ3v) is 5.54. The fourth-order valence-electron chi connectivity index (χ4n) is 2.30. The van der Waals surface area contributed by atoms with Gasteiger partial charge in [-0.3, -0.25) is 4.90 Å². The van der Waals surface area contributed by atoms with E-state index in [9.17, 15) is 21.6 Å². The molecule has 110 valence electrons. The Labute approximate surface area is 113 Å². The first-order valence-electron chi connectivity index (χ1n) is 5.65. The first-order valence-corrected chi connectivity index (χ1v) is 8.42. The zero-order valence-electron chi connectivity index (χ0n) is 10.1. The highest BCUT2D eigenvalue weighted by Gasteiger charge is 2.52. The van der Waals surface area contributed by atoms with E-state index in [-0.39, 0.29) is 19.5 Å². The Bertz CT molecular complexity index is 480. The highest BCUT2D eigenvalue weighted by Crippen LogP contribution is 2.37. The van der Waals surface area contributed by atoms with Crippen molar-refractivity contribution < 1.29 is 21.6 Å². The van der Waals surface area contributed by atoms with E-state index in [1.165, 1.54) is 10.4 Å². The molecular formula is C9H14F3N3O2S2. The fraction of sp³-hybridized carbons (Fsp3) is 0.889. The zero-order valence-corrected chi connectivity index (χ0v) is 11.8. The normalized spacial score (nSPS) is 33.8. The lowest BCUT2D eigenvalue weighted by Gasteiger charge is -2.41. The molecule has 0 spiro atoms. The predicted octanol–water partition coefficient (Wildman–Crippen LogP) is 1.20. The van der Waals surface area contributed by atoms with E-state index >= 15 is 0 Å². The van der Waals surface area contributed by atoms with Crippen LogP contribution < -0.4 is 4.72 Å². The number of hydrogen-bond acceptors (Lipinski definition) is 6. The SMILES string of the molecule is CS(=O)(=O)C1(N2CCCC(C(F)(F)F)C2)N=CSN1. The van der Waals surface area contributed by atoms with Gasteiger partial charge in [-0.1, -0.05) is 0 Å². The molecule has 2 atom stereocenters. The van der Waals surface area contributed by atoms with Gasteiger partial charge >= 0.3 is 6.18 Å². The van der Waals surface area contributed by atoms with E-state index in [0.717, 1.165) is 18.2 Å². The van der Waals surface area contributed by atoms with Crippen molar-refractivity contribution in [3.8, 4) is 0 Å². The molecule has 2 aliphatic rings. The van der Waals surface area contributed by atoms with Crippen molar-refractivity contribution in [2.24, 2.45) is 10.9 Å². The standard InChI is InChI=1S/C9H14F3N3O2S2/c1-19(16,17)9(13-6-18-14-9)15-4-2-3-7(5-15)8(10,11)12/h6-7,14H,2-5H2,1H3. The molecule has 19 heavy (non-hydrogen) atoms. The molecule has 5 nitrogen and oxygen atoms in total. The van der Waals surface area contributed by atoms with Gasteiger partial charge in [0.15, 0.2) is 0 Å². The van der Waals surface area contributed by atoms with Gasteiger partial charge in [0.1, 0.15) is 0 Å². The Balaban J connectivity index is 2.27. The van der Waals surface area contributed by atoms with E-state index in [2.05, 4.69) is 9.71 Å². The Morgan fingerprint density at radius 3 is 2.68 bits per heavy atom. The zero-order chi connectivity index (χ0) is 14.3. The molecule has 2 unspecified atom stereocenters. The summed E-state index contributed by atoms with van der Waals surface area (Å²) in [4.78, 5) is 5.14. The number of nitrogens with zero attached hydrogens (tertiary/aromatic N) is 2. The van der Waals surface area contributed by atoms with Crippen LogP contribution in [0.3, 0.4) is 0 Å². The number of alkyl halides is 3. The van der Waals surface area contributed by atoms with Crippen molar-refractivity contribution in [2.75, 3.05) is 19.3 Å². The molecule has 2 rings (SSSR count). The summed E-state index contributed by atoms with van der Waals surface area (Å²) in [5.74, 6) is -1.51. The molecule has 2 aliphatic heterocycles. The average molecular weight is 317 g/mol. The Kier molecular flexibility index (Phi) is 3.89. The second-order valence-electron chi connectivity index (χ2n) is 4.66. The van der Waals surface area contributed by atoms with Crippen molar-refractivity contribution in [2.45, 2.75) is 24.1 Å². The van der Waals surface area contributed by atoms with Gasteiger partial charge in [-0.15, -0.1) is 0 Å². The molecule has 0 aliphatic carbocycles. The molecule has 1 saturated heterocycles. The molecule has 1 N–H and O–H groups in total. The highest BCUT2D eigenvalue weighted by molar-refractivity contribution is 8.11. The molecule has 1 fully saturated rings. The number of halogens is 3. The smallest absolute Gasteiger partial charge is 0.252 e. The molecule has 0 saturated carbocycles. The van der Waals surface area contributed by atoms with Crippen molar-refractivity contribution >= 4 is 27.3 Å². The van der Waals surface area contributed by atoms with Crippen LogP contribution in [-0.2, 0) is 9.84 Å². The molecule has 0 bridgehead atoms. The minimum Gasteiger partial charge on any atom is -0.252 e. The van der Waals surface area contributed by atoms with Gasteiger partial charge in [0, 0.05) is 19.3 Å². The number of hydrogen-bond donors (Lipinski definition) is 1. The summed E-state index contributed by atoms with van der Waals surface area (Å²) >= 11 is 0.967. The van der Waals surface area contributed by atoms with E-state index in [0.29, 0.717) is 6.42 Å². The van der Waals surface area contributed by atoms with Gasteiger partial charge in [0.25, 0.3) is 5.12 Å². The lowest BCUT2D eigenvalue weighted by atomic mass is 9.97. The minimum absolute atomic E-state index is 0.0245. The van der Waals surface area contributed by atoms with Crippen molar-refractivity contribution in [1.82, 2.24) is 9.62 Å². The molecule has 0 amide bonds. The van der Waals surface area contributed by atoms with Gasteiger partial charge in [0.05, 0.1) is 11.5 Å². The maximum Gasteiger partial charge on any atom is 0.393 e. The maximum atomic E-state index is 12.8. The summed E-state index contributed by atoms with van der Waals surface area (Å²) in [5, 5.41) is -1.76. The molecule has 2 heterocycles. The molecule has 0 radical (unpaired) electrons. The second kappa shape index (κ2) is 4.90. The van der Waals surface area contributed by atoms with E-state index < -0.39 is 27.1 Å². The first kappa shape index (κ1) is 15.1. The monoisotopic (exact) mass is 317 g/mol. The van der Waals surface area contributed by atoms with Crippen molar-refractivity contribution in [3.05, 3.63) is 0 Å². The molecular weight excluding hydrogens is 303 g/mol. The number of nitrogens with one attached hydrogen (secondary N) is 1. The van der Waals surface area contributed by atoms with Crippen LogP contribution in [0.4, 0.5) is 13.2 Å². The van der Waals surface area contributed by atoms with Crippen LogP contribution in [0, 0.1) is 5.92 Å². The summed E-state index contributed by atoms with van der Waals surface area (Å²) in [5.41, 5.74) is 1.30. The molecule has 10 heteroatoms. The van der Waals surface area contributed by atoms with E-state index in [4.69, 9.17) is 0 Å². The van der Waals surface area contributed by atoms with Crippen LogP contribution in [0.15, 0.2) is 4.99 Å². The first-order chi connectivity index (χ1) is 8.67. The van der Waals surface area contributed by atoms with Crippen LogP contribution in [0.2, 0.25) is 0 Å². The Morgan fingerprint density at radius 2 is 2.21 bits per heavy atom. The van der Waals surface area contributed by atoms with Crippen LogP contribution in [-0.4, -0.2) is 49.5 Å². The van der Waals surface area contributed by atoms with Crippen LogP contribution in [0.25, 0.3) is 0 Å². The highest BCUT2D eigenvalue weighted by atomic mass is 32.2. The third-order valence-electron chi connectivity index (χ3n) is 3.30. The topological polar surface area (TPSA) is 61.8 Å². The van der Waals surface area contributed by atoms with E-state index in [1.807, 2.05) is 0 Å². The van der Waals surface area contributed by atoms with E-state index in [1.54, 1.807) is 0 Å². The van der Waals surface area contributed by atoms with Gasteiger partial charge in [0.2, 0.25) is 9.84 Å². The number of sulfone groups is 1. The maximum absolute atomic E-state index is 12.8. The van der Waals surface area contributed by atoms with Gasteiger partial charge in [-0.05, 0) is 24.8 Å². The van der Waals surface area contributed by atoms with Crippen LogP contribution in [0.1, 0.15) is 12.8 Å². The number of likely N-dealkylation sites (tertiary alicyclic amines) is 1. The quantitative estimate of drug-likeness (QED) is 0.776. The minimum atomic E-state index is -4.31. The van der Waals surface area contributed by atoms with Gasteiger partial charge < -0.3 is 0 Å². The van der Waals surface area contributed by atoms with Crippen LogP contribution in [0.5, 0.6) is 0 Å². The summed E-state index contributed by atoms with van der Waals surface area (Å²) in [6, 6.07) is 0. The number of aliphatic imine (C=N–C) groups is 1. The lowest BCUT2D eigenvalue weighted by Crippen LogP contribution is -2.62. The predicted molar refractivity (Wildman–Crippen MR) is 67.1 cm³/mol.